The topological polar surface area (TPSA) is 70.7 Å². The Bertz CT molecular complexity index is 492. The van der Waals surface area contributed by atoms with E-state index in [2.05, 4.69) is 10.6 Å². The summed E-state index contributed by atoms with van der Waals surface area (Å²) in [6.07, 6.45) is 0. The number of carbonyl (C=O) groups is 2. The lowest BCUT2D eigenvalue weighted by molar-refractivity contribution is 0.0949. The second kappa shape index (κ2) is 7.32. The number of nitrogens with zero attached hydrogens (tertiary/aromatic N) is 1. The van der Waals surface area contributed by atoms with E-state index in [-0.39, 0.29) is 24.7 Å². The third-order valence-corrected chi connectivity index (χ3v) is 2.51. The maximum atomic E-state index is 13.6. The van der Waals surface area contributed by atoms with Gasteiger partial charge in [0.1, 0.15) is 11.6 Å². The van der Waals surface area contributed by atoms with Gasteiger partial charge in [0.15, 0.2) is 0 Å². The minimum atomic E-state index is -0.654. The lowest BCUT2D eigenvalue weighted by Crippen LogP contribution is -2.39. The molecule has 7 heteroatoms. The molecule has 0 aliphatic rings. The SMILES string of the molecule is COc1ccc(C(=O)NCCNC(=O)N(C)C)c(F)c1. The van der Waals surface area contributed by atoms with Crippen LogP contribution in [0.1, 0.15) is 10.4 Å². The maximum absolute atomic E-state index is 13.6. The van der Waals surface area contributed by atoms with Gasteiger partial charge in [-0.3, -0.25) is 4.79 Å². The van der Waals surface area contributed by atoms with Gasteiger partial charge in [0.25, 0.3) is 5.91 Å². The van der Waals surface area contributed by atoms with Crippen molar-refractivity contribution in [2.75, 3.05) is 34.3 Å². The number of hydrogen-bond acceptors (Lipinski definition) is 3. The summed E-state index contributed by atoms with van der Waals surface area (Å²) in [7, 11) is 4.64. The van der Waals surface area contributed by atoms with Gasteiger partial charge >= 0.3 is 6.03 Å². The Morgan fingerprint density at radius 3 is 2.45 bits per heavy atom. The summed E-state index contributed by atoms with van der Waals surface area (Å²) in [6.45, 7) is 0.477. The van der Waals surface area contributed by atoms with Crippen LogP contribution in [-0.4, -0.2) is 51.1 Å². The normalized spacial score (nSPS) is 9.80. The Balaban J connectivity index is 2.45. The van der Waals surface area contributed by atoms with E-state index in [1.54, 1.807) is 14.1 Å². The number of benzene rings is 1. The Kier molecular flexibility index (Phi) is 5.76. The summed E-state index contributed by atoms with van der Waals surface area (Å²) in [5.41, 5.74) is -0.0651. The fourth-order valence-electron chi connectivity index (χ4n) is 1.41. The van der Waals surface area contributed by atoms with Crippen molar-refractivity contribution in [2.45, 2.75) is 0 Å². The Hall–Kier alpha value is -2.31. The van der Waals surface area contributed by atoms with Gasteiger partial charge in [-0.2, -0.15) is 0 Å². The van der Waals surface area contributed by atoms with Crippen molar-refractivity contribution in [3.05, 3.63) is 29.6 Å². The first-order chi connectivity index (χ1) is 9.45. The standard InChI is InChI=1S/C13H18FN3O3/c1-17(2)13(19)16-7-6-15-12(18)10-5-4-9(20-3)8-11(10)14/h4-5,8H,6-7H2,1-3H3,(H,15,18)(H,16,19). The van der Waals surface area contributed by atoms with Crippen LogP contribution in [-0.2, 0) is 0 Å². The molecule has 0 spiro atoms. The number of nitrogens with one attached hydrogen (secondary N) is 2. The zero-order chi connectivity index (χ0) is 15.1. The van der Waals surface area contributed by atoms with Crippen LogP contribution in [0.15, 0.2) is 18.2 Å². The molecule has 3 amide bonds. The van der Waals surface area contributed by atoms with Crippen LogP contribution in [0, 0.1) is 5.82 Å². The van der Waals surface area contributed by atoms with Crippen molar-refractivity contribution in [2.24, 2.45) is 0 Å². The largest absolute Gasteiger partial charge is 0.497 e. The zero-order valence-electron chi connectivity index (χ0n) is 11.7. The molecular weight excluding hydrogens is 265 g/mol. The van der Waals surface area contributed by atoms with E-state index in [1.165, 1.54) is 24.1 Å². The van der Waals surface area contributed by atoms with Gasteiger partial charge in [0.2, 0.25) is 0 Å². The summed E-state index contributed by atoms with van der Waals surface area (Å²) < 4.78 is 18.5. The second-order valence-electron chi connectivity index (χ2n) is 4.23. The highest BCUT2D eigenvalue weighted by atomic mass is 19.1. The van der Waals surface area contributed by atoms with Gasteiger partial charge in [0.05, 0.1) is 12.7 Å². The van der Waals surface area contributed by atoms with Crippen molar-refractivity contribution < 1.29 is 18.7 Å². The van der Waals surface area contributed by atoms with Gasteiger partial charge in [-0.25, -0.2) is 9.18 Å². The summed E-state index contributed by atoms with van der Waals surface area (Å²) in [6, 6.07) is 3.74. The lowest BCUT2D eigenvalue weighted by Gasteiger charge is -2.12. The molecule has 2 N–H and O–H groups in total. The number of methoxy groups -OCH3 is 1. The van der Waals surface area contributed by atoms with E-state index < -0.39 is 11.7 Å². The number of amides is 3. The third kappa shape index (κ3) is 4.42. The highest BCUT2D eigenvalue weighted by molar-refractivity contribution is 5.94. The number of hydrogen-bond donors (Lipinski definition) is 2. The molecule has 0 atom stereocenters. The fourth-order valence-corrected chi connectivity index (χ4v) is 1.41. The molecule has 0 unspecified atom stereocenters. The van der Waals surface area contributed by atoms with Crippen LogP contribution in [0.2, 0.25) is 0 Å². The molecule has 1 rings (SSSR count). The molecule has 0 aromatic heterocycles. The Labute approximate surface area is 116 Å². The molecule has 0 fully saturated rings. The highest BCUT2D eigenvalue weighted by Crippen LogP contribution is 2.15. The molecule has 110 valence electrons. The minimum absolute atomic E-state index is 0.0651. The number of ether oxygens (including phenoxy) is 1. The van der Waals surface area contributed by atoms with Crippen LogP contribution in [0.5, 0.6) is 5.75 Å². The van der Waals surface area contributed by atoms with Gasteiger partial charge in [-0.05, 0) is 12.1 Å². The van der Waals surface area contributed by atoms with Crippen LogP contribution >= 0.6 is 0 Å². The molecule has 0 heterocycles. The van der Waals surface area contributed by atoms with Crippen LogP contribution in [0.3, 0.4) is 0 Å². The number of halogens is 1. The van der Waals surface area contributed by atoms with Crippen LogP contribution in [0.4, 0.5) is 9.18 Å². The minimum Gasteiger partial charge on any atom is -0.497 e. The maximum Gasteiger partial charge on any atom is 0.316 e. The van der Waals surface area contributed by atoms with E-state index in [9.17, 15) is 14.0 Å². The molecule has 6 nitrogen and oxygen atoms in total. The first-order valence-electron chi connectivity index (χ1n) is 6.02. The van der Waals surface area contributed by atoms with E-state index in [4.69, 9.17) is 4.74 Å². The predicted molar refractivity (Wildman–Crippen MR) is 72.4 cm³/mol. The van der Waals surface area contributed by atoms with E-state index in [0.29, 0.717) is 5.75 Å². The zero-order valence-corrected chi connectivity index (χ0v) is 11.7. The second-order valence-corrected chi connectivity index (χ2v) is 4.23. The summed E-state index contributed by atoms with van der Waals surface area (Å²) in [5.74, 6) is -0.847. The molecule has 0 saturated heterocycles. The average Bonchev–Trinajstić information content (AvgIpc) is 2.42. The van der Waals surface area contributed by atoms with Gasteiger partial charge in [-0.15, -0.1) is 0 Å². The van der Waals surface area contributed by atoms with Gasteiger partial charge in [0, 0.05) is 33.3 Å². The van der Waals surface area contributed by atoms with E-state index in [0.717, 1.165) is 6.07 Å². The number of urea groups is 1. The van der Waals surface area contributed by atoms with Gasteiger partial charge in [-0.1, -0.05) is 0 Å². The predicted octanol–water partition coefficient (Wildman–Crippen LogP) is 0.835. The van der Waals surface area contributed by atoms with Gasteiger partial charge < -0.3 is 20.3 Å². The van der Waals surface area contributed by atoms with Crippen molar-refractivity contribution in [3.8, 4) is 5.75 Å². The molecule has 20 heavy (non-hydrogen) atoms. The van der Waals surface area contributed by atoms with Crippen molar-refractivity contribution in [1.29, 1.82) is 0 Å². The third-order valence-electron chi connectivity index (χ3n) is 2.51. The molecular formula is C13H18FN3O3. The summed E-state index contributed by atoms with van der Waals surface area (Å²) in [4.78, 5) is 24.3. The molecule has 1 aromatic rings. The number of carbonyl (C=O) groups excluding carboxylic acids is 2. The monoisotopic (exact) mass is 283 g/mol. The number of rotatable bonds is 5. The quantitative estimate of drug-likeness (QED) is 0.787. The first kappa shape index (κ1) is 15.7. The van der Waals surface area contributed by atoms with E-state index in [1.807, 2.05) is 0 Å². The summed E-state index contributed by atoms with van der Waals surface area (Å²) >= 11 is 0. The Morgan fingerprint density at radius 2 is 1.90 bits per heavy atom. The van der Waals surface area contributed by atoms with Crippen LogP contribution in [0.25, 0.3) is 0 Å². The van der Waals surface area contributed by atoms with Crippen molar-refractivity contribution in [3.63, 3.8) is 0 Å². The highest BCUT2D eigenvalue weighted by Gasteiger charge is 2.12. The smallest absolute Gasteiger partial charge is 0.316 e. The fraction of sp³-hybridized carbons (Fsp3) is 0.385. The first-order valence-corrected chi connectivity index (χ1v) is 6.02. The lowest BCUT2D eigenvalue weighted by atomic mass is 10.2. The molecule has 1 aromatic carbocycles. The Morgan fingerprint density at radius 1 is 1.25 bits per heavy atom. The molecule has 0 aliphatic carbocycles. The molecule has 0 saturated carbocycles. The molecule has 0 aliphatic heterocycles. The average molecular weight is 283 g/mol. The van der Waals surface area contributed by atoms with E-state index >= 15 is 0 Å². The van der Waals surface area contributed by atoms with Crippen LogP contribution < -0.4 is 15.4 Å². The van der Waals surface area contributed by atoms with Crippen molar-refractivity contribution >= 4 is 11.9 Å². The summed E-state index contributed by atoms with van der Waals surface area (Å²) in [5, 5.41) is 5.10. The molecule has 0 bridgehead atoms. The molecule has 0 radical (unpaired) electrons. The van der Waals surface area contributed by atoms with Crippen molar-refractivity contribution in [1.82, 2.24) is 15.5 Å².